The molecule has 3 N–H and O–H groups in total. The van der Waals surface area contributed by atoms with Crippen LogP contribution < -0.4 is 10.5 Å². The van der Waals surface area contributed by atoms with E-state index in [2.05, 4.69) is 15.5 Å². The Balaban J connectivity index is 2.23. The maximum Gasteiger partial charge on any atom is 0.223 e. The average molecular weight is 220 g/mol. The van der Waals surface area contributed by atoms with Crippen LogP contribution in [0.4, 0.5) is 0 Å². The van der Waals surface area contributed by atoms with E-state index < -0.39 is 10.0 Å². The Bertz CT molecular complexity index is 386. The first-order chi connectivity index (χ1) is 6.47. The van der Waals surface area contributed by atoms with Crippen LogP contribution >= 0.6 is 0 Å². The lowest BCUT2D eigenvalue weighted by molar-refractivity contribution is 0.386. The third-order valence-electron chi connectivity index (χ3n) is 1.42. The molecule has 0 aliphatic heterocycles. The summed E-state index contributed by atoms with van der Waals surface area (Å²) in [5.74, 6) is 0.870. The molecule has 0 radical (unpaired) electrons. The van der Waals surface area contributed by atoms with E-state index in [1.54, 1.807) is 6.92 Å². The fourth-order valence-corrected chi connectivity index (χ4v) is 1.26. The molecule has 0 fully saturated rings. The number of nitrogens with two attached hydrogens (primary N) is 1. The van der Waals surface area contributed by atoms with Crippen LogP contribution in [0, 0.1) is 6.92 Å². The molecule has 14 heavy (non-hydrogen) atoms. The molecule has 0 aromatic carbocycles. The average Bonchev–Trinajstić information content (AvgIpc) is 2.44. The number of hydrogen-bond acceptors (Lipinski definition) is 6. The normalized spacial score (nSPS) is 11.9. The van der Waals surface area contributed by atoms with Gasteiger partial charge in [-0.2, -0.15) is 4.98 Å². The van der Waals surface area contributed by atoms with Gasteiger partial charge in [0.05, 0.1) is 12.3 Å². The lowest BCUT2D eigenvalue weighted by atomic mass is 10.6. The maximum absolute atomic E-state index is 10.5. The SMILES string of the molecule is Cc1nc(CNCCS(N)(=O)=O)no1. The third-order valence-corrected chi connectivity index (χ3v) is 2.19. The van der Waals surface area contributed by atoms with Crippen molar-refractivity contribution in [1.29, 1.82) is 0 Å². The summed E-state index contributed by atoms with van der Waals surface area (Å²) >= 11 is 0. The predicted octanol–water partition coefficient (Wildman–Crippen LogP) is -1.24. The van der Waals surface area contributed by atoms with Crippen molar-refractivity contribution in [2.24, 2.45) is 5.14 Å². The molecule has 0 bridgehead atoms. The standard InChI is InChI=1S/C6H12N4O3S/c1-5-9-6(10-13-5)4-8-2-3-14(7,11)12/h8H,2-4H2,1H3,(H2,7,11,12). The van der Waals surface area contributed by atoms with Crippen molar-refractivity contribution in [2.45, 2.75) is 13.5 Å². The molecule has 7 nitrogen and oxygen atoms in total. The number of primary sulfonamides is 1. The Morgan fingerprint density at radius 2 is 2.29 bits per heavy atom. The van der Waals surface area contributed by atoms with Gasteiger partial charge in [-0.25, -0.2) is 13.6 Å². The van der Waals surface area contributed by atoms with E-state index in [0.717, 1.165) is 0 Å². The van der Waals surface area contributed by atoms with Gasteiger partial charge in [-0.3, -0.25) is 0 Å². The number of aryl methyl sites for hydroxylation is 1. The largest absolute Gasteiger partial charge is 0.340 e. The van der Waals surface area contributed by atoms with Crippen molar-refractivity contribution in [3.63, 3.8) is 0 Å². The van der Waals surface area contributed by atoms with Crippen molar-refractivity contribution in [3.05, 3.63) is 11.7 Å². The summed E-state index contributed by atoms with van der Waals surface area (Å²) in [5, 5.41) is 11.2. The summed E-state index contributed by atoms with van der Waals surface area (Å²) < 4.78 is 25.8. The second-order valence-corrected chi connectivity index (χ2v) is 4.51. The van der Waals surface area contributed by atoms with Crippen LogP contribution in [0.15, 0.2) is 4.52 Å². The molecule has 0 saturated carbocycles. The predicted molar refractivity (Wildman–Crippen MR) is 48.7 cm³/mol. The summed E-state index contributed by atoms with van der Waals surface area (Å²) in [6, 6.07) is 0. The molecule has 80 valence electrons. The zero-order valence-corrected chi connectivity index (χ0v) is 8.54. The molecule has 1 heterocycles. The van der Waals surface area contributed by atoms with Crippen LogP contribution in [0.2, 0.25) is 0 Å². The van der Waals surface area contributed by atoms with Gasteiger partial charge < -0.3 is 9.84 Å². The first-order valence-electron chi connectivity index (χ1n) is 3.98. The first-order valence-corrected chi connectivity index (χ1v) is 5.69. The van der Waals surface area contributed by atoms with E-state index in [1.165, 1.54) is 0 Å². The highest BCUT2D eigenvalue weighted by atomic mass is 32.2. The first kappa shape index (κ1) is 11.1. The lowest BCUT2D eigenvalue weighted by Crippen LogP contribution is -2.27. The fraction of sp³-hybridized carbons (Fsp3) is 0.667. The van der Waals surface area contributed by atoms with Crippen LogP contribution in [0.3, 0.4) is 0 Å². The molecule has 0 atom stereocenters. The van der Waals surface area contributed by atoms with Crippen LogP contribution in [0.1, 0.15) is 11.7 Å². The molecular weight excluding hydrogens is 208 g/mol. The number of aromatic nitrogens is 2. The molecule has 1 aromatic heterocycles. The lowest BCUT2D eigenvalue weighted by Gasteiger charge is -1.98. The summed E-state index contributed by atoms with van der Waals surface area (Å²) in [6.07, 6.45) is 0. The molecule has 0 aliphatic carbocycles. The molecule has 0 saturated heterocycles. The van der Waals surface area contributed by atoms with Gasteiger partial charge in [0.1, 0.15) is 0 Å². The van der Waals surface area contributed by atoms with Gasteiger partial charge in [0.15, 0.2) is 5.82 Å². The minimum Gasteiger partial charge on any atom is -0.340 e. The highest BCUT2D eigenvalue weighted by Gasteiger charge is 2.03. The number of nitrogens with zero attached hydrogens (tertiary/aromatic N) is 2. The van der Waals surface area contributed by atoms with Crippen LogP contribution in [-0.2, 0) is 16.6 Å². The van der Waals surface area contributed by atoms with Crippen LogP contribution in [-0.4, -0.2) is 30.9 Å². The van der Waals surface area contributed by atoms with Gasteiger partial charge in [-0.1, -0.05) is 5.16 Å². The second-order valence-electron chi connectivity index (χ2n) is 2.77. The molecule has 0 amide bonds. The van der Waals surface area contributed by atoms with E-state index >= 15 is 0 Å². The molecule has 0 aliphatic rings. The minimum absolute atomic E-state index is 0.107. The molecule has 0 unspecified atom stereocenters. The number of hydrogen-bond donors (Lipinski definition) is 2. The molecule has 1 rings (SSSR count). The van der Waals surface area contributed by atoms with E-state index in [9.17, 15) is 8.42 Å². The van der Waals surface area contributed by atoms with Crippen molar-refractivity contribution < 1.29 is 12.9 Å². The summed E-state index contributed by atoms with van der Waals surface area (Å²) in [4.78, 5) is 3.92. The number of rotatable bonds is 5. The van der Waals surface area contributed by atoms with E-state index in [4.69, 9.17) is 9.66 Å². The van der Waals surface area contributed by atoms with Gasteiger partial charge in [0.2, 0.25) is 15.9 Å². The van der Waals surface area contributed by atoms with Crippen molar-refractivity contribution in [3.8, 4) is 0 Å². The van der Waals surface area contributed by atoms with Crippen molar-refractivity contribution in [2.75, 3.05) is 12.3 Å². The smallest absolute Gasteiger partial charge is 0.223 e. The van der Waals surface area contributed by atoms with Gasteiger partial charge in [0.25, 0.3) is 0 Å². The third kappa shape index (κ3) is 4.30. The zero-order valence-electron chi connectivity index (χ0n) is 7.73. The topological polar surface area (TPSA) is 111 Å². The molecular formula is C6H12N4O3S. The van der Waals surface area contributed by atoms with E-state index in [0.29, 0.717) is 18.3 Å². The quantitative estimate of drug-likeness (QED) is 0.600. The Labute approximate surface area is 81.7 Å². The summed E-state index contributed by atoms with van der Waals surface area (Å²) in [7, 11) is -3.40. The summed E-state index contributed by atoms with van der Waals surface area (Å²) in [5.41, 5.74) is 0. The Morgan fingerprint density at radius 1 is 1.57 bits per heavy atom. The molecule has 8 heteroatoms. The van der Waals surface area contributed by atoms with Crippen molar-refractivity contribution >= 4 is 10.0 Å². The highest BCUT2D eigenvalue weighted by Crippen LogP contribution is 1.93. The maximum atomic E-state index is 10.5. The zero-order chi connectivity index (χ0) is 10.6. The molecule has 0 spiro atoms. The Morgan fingerprint density at radius 3 is 2.79 bits per heavy atom. The highest BCUT2D eigenvalue weighted by molar-refractivity contribution is 7.89. The number of nitrogens with one attached hydrogen (secondary N) is 1. The van der Waals surface area contributed by atoms with Crippen molar-refractivity contribution in [1.82, 2.24) is 15.5 Å². The van der Waals surface area contributed by atoms with Crippen LogP contribution in [0.25, 0.3) is 0 Å². The Kier molecular flexibility index (Phi) is 3.55. The van der Waals surface area contributed by atoms with Gasteiger partial charge >= 0.3 is 0 Å². The van der Waals surface area contributed by atoms with Gasteiger partial charge in [-0.15, -0.1) is 0 Å². The summed E-state index contributed by atoms with van der Waals surface area (Å²) in [6.45, 7) is 2.32. The number of sulfonamides is 1. The fourth-order valence-electron chi connectivity index (χ4n) is 0.828. The Hall–Kier alpha value is -0.990. The minimum atomic E-state index is -3.40. The van der Waals surface area contributed by atoms with E-state index in [1.807, 2.05) is 0 Å². The second kappa shape index (κ2) is 4.49. The molecule has 1 aromatic rings. The van der Waals surface area contributed by atoms with Gasteiger partial charge in [0, 0.05) is 13.5 Å². The van der Waals surface area contributed by atoms with E-state index in [-0.39, 0.29) is 12.3 Å². The van der Waals surface area contributed by atoms with Crippen LogP contribution in [0.5, 0.6) is 0 Å². The monoisotopic (exact) mass is 220 g/mol. The van der Waals surface area contributed by atoms with Gasteiger partial charge in [-0.05, 0) is 0 Å².